The van der Waals surface area contributed by atoms with E-state index in [1.807, 2.05) is 30.3 Å². The number of amides is 3. The second-order valence-electron chi connectivity index (χ2n) is 7.80. The Balaban J connectivity index is 1.41. The summed E-state index contributed by atoms with van der Waals surface area (Å²) in [5.74, 6) is 0.631. The molecule has 2 fully saturated rings. The molecule has 0 aromatic heterocycles. The molecule has 168 valence electrons. The maximum absolute atomic E-state index is 13.4. The molecule has 2 heterocycles. The Morgan fingerprint density at radius 2 is 1.42 bits per heavy atom. The van der Waals surface area contributed by atoms with Crippen molar-refractivity contribution in [3.05, 3.63) is 84.9 Å². The second kappa shape index (κ2) is 8.34. The van der Waals surface area contributed by atoms with Gasteiger partial charge in [0.1, 0.15) is 17.5 Å². The zero-order chi connectivity index (χ0) is 23.0. The number of ether oxygens (including phenoxy) is 1. The zero-order valence-electron chi connectivity index (χ0n) is 17.5. The predicted octanol–water partition coefficient (Wildman–Crippen LogP) is 3.37. The molecular weight excluding hydrogens is 442 g/mol. The molecule has 0 bridgehead atoms. The van der Waals surface area contributed by atoms with E-state index in [9.17, 15) is 18.0 Å². The summed E-state index contributed by atoms with van der Waals surface area (Å²) in [4.78, 5) is 27.3. The van der Waals surface area contributed by atoms with Crippen LogP contribution in [0, 0.1) is 0 Å². The monoisotopic (exact) mass is 463 g/mol. The first kappa shape index (κ1) is 21.2. The highest BCUT2D eigenvalue weighted by molar-refractivity contribution is 7.89. The summed E-state index contributed by atoms with van der Waals surface area (Å²) in [6, 6.07) is 21.6. The van der Waals surface area contributed by atoms with E-state index in [0.717, 1.165) is 4.90 Å². The first-order valence-corrected chi connectivity index (χ1v) is 11.9. The van der Waals surface area contributed by atoms with E-state index in [2.05, 4.69) is 5.32 Å². The largest absolute Gasteiger partial charge is 0.457 e. The zero-order valence-corrected chi connectivity index (χ0v) is 18.3. The Labute approximate surface area is 191 Å². The van der Waals surface area contributed by atoms with Gasteiger partial charge in [-0.1, -0.05) is 36.4 Å². The lowest BCUT2D eigenvalue weighted by Crippen LogP contribution is -2.64. The van der Waals surface area contributed by atoms with Crippen LogP contribution < -0.4 is 15.0 Å². The van der Waals surface area contributed by atoms with Crippen molar-refractivity contribution in [2.75, 3.05) is 11.4 Å². The average molecular weight is 464 g/mol. The highest BCUT2D eigenvalue weighted by Crippen LogP contribution is 2.33. The molecular formula is C24H21N3O5S. The summed E-state index contributed by atoms with van der Waals surface area (Å²) < 4.78 is 33.4. The van der Waals surface area contributed by atoms with Crippen LogP contribution in [0.4, 0.5) is 10.5 Å². The maximum atomic E-state index is 13.4. The van der Waals surface area contributed by atoms with Crippen molar-refractivity contribution < 1.29 is 22.7 Å². The van der Waals surface area contributed by atoms with Crippen LogP contribution in [0.15, 0.2) is 89.8 Å². The molecule has 2 aliphatic rings. The maximum Gasteiger partial charge on any atom is 0.329 e. The van der Waals surface area contributed by atoms with E-state index in [4.69, 9.17) is 4.74 Å². The molecule has 3 aromatic rings. The smallest absolute Gasteiger partial charge is 0.329 e. The molecule has 33 heavy (non-hydrogen) atoms. The number of anilines is 1. The van der Waals surface area contributed by atoms with Crippen molar-refractivity contribution in [3.63, 3.8) is 0 Å². The third kappa shape index (κ3) is 3.85. The Hall–Kier alpha value is -3.69. The number of hydrogen-bond donors (Lipinski definition) is 1. The third-order valence-electron chi connectivity index (χ3n) is 5.76. The molecule has 3 aromatic carbocycles. The fourth-order valence-electron chi connectivity index (χ4n) is 4.20. The van der Waals surface area contributed by atoms with Gasteiger partial charge in [0.2, 0.25) is 10.0 Å². The van der Waals surface area contributed by atoms with Crippen LogP contribution >= 0.6 is 0 Å². The topological polar surface area (TPSA) is 96.0 Å². The molecule has 0 aliphatic carbocycles. The van der Waals surface area contributed by atoms with Gasteiger partial charge in [0.25, 0.3) is 5.91 Å². The Kier molecular flexibility index (Phi) is 5.35. The molecule has 3 amide bonds. The van der Waals surface area contributed by atoms with Gasteiger partial charge < -0.3 is 10.1 Å². The molecule has 2 saturated heterocycles. The van der Waals surface area contributed by atoms with E-state index in [0.29, 0.717) is 23.6 Å². The number of urea groups is 1. The minimum absolute atomic E-state index is 0.115. The fraction of sp³-hybridized carbons (Fsp3) is 0.167. The number of nitrogens with one attached hydrogen (secondary N) is 1. The molecule has 0 saturated carbocycles. The van der Waals surface area contributed by atoms with Crippen LogP contribution in [-0.4, -0.2) is 43.3 Å². The van der Waals surface area contributed by atoms with Crippen molar-refractivity contribution in [2.45, 2.75) is 23.4 Å². The molecule has 1 N–H and O–H groups in total. The minimum atomic E-state index is -3.89. The quantitative estimate of drug-likeness (QED) is 0.626. The van der Waals surface area contributed by atoms with E-state index in [1.165, 1.54) is 16.4 Å². The average Bonchev–Trinajstić information content (AvgIpc) is 3.26. The number of sulfonamides is 1. The molecule has 2 aliphatic heterocycles. The molecule has 2 unspecified atom stereocenters. The van der Waals surface area contributed by atoms with Crippen LogP contribution in [-0.2, 0) is 14.8 Å². The first-order valence-electron chi connectivity index (χ1n) is 10.5. The number of imide groups is 1. The first-order chi connectivity index (χ1) is 15.9. The molecule has 5 rings (SSSR count). The van der Waals surface area contributed by atoms with E-state index >= 15 is 0 Å². The van der Waals surface area contributed by atoms with E-state index < -0.39 is 34.0 Å². The summed E-state index contributed by atoms with van der Waals surface area (Å²) in [6.45, 7) is 0.149. The molecule has 0 radical (unpaired) electrons. The van der Waals surface area contributed by atoms with E-state index in [1.54, 1.807) is 42.5 Å². The summed E-state index contributed by atoms with van der Waals surface area (Å²) in [7, 11) is -3.89. The number of fused-ring (bicyclic) bond motifs is 1. The SMILES string of the molecule is O=C1NC2CCN(S(=O)(=O)c3ccccc3)C2C(=O)N1c1ccc(Oc2ccccc2)cc1. The van der Waals surface area contributed by atoms with Crippen LogP contribution in [0.3, 0.4) is 0 Å². The van der Waals surface area contributed by atoms with Crippen LogP contribution in [0.2, 0.25) is 0 Å². The number of carbonyl (C=O) groups is 2. The van der Waals surface area contributed by atoms with E-state index in [-0.39, 0.29) is 11.4 Å². The minimum Gasteiger partial charge on any atom is -0.457 e. The summed E-state index contributed by atoms with van der Waals surface area (Å²) >= 11 is 0. The van der Waals surface area contributed by atoms with Gasteiger partial charge in [0.15, 0.2) is 0 Å². The van der Waals surface area contributed by atoms with Crippen molar-refractivity contribution in [2.24, 2.45) is 0 Å². The molecule has 9 heteroatoms. The number of rotatable bonds is 5. The van der Waals surface area contributed by atoms with Crippen molar-refractivity contribution in [1.82, 2.24) is 9.62 Å². The van der Waals surface area contributed by atoms with Crippen LogP contribution in [0.5, 0.6) is 11.5 Å². The number of nitrogens with zero attached hydrogens (tertiary/aromatic N) is 2. The van der Waals surface area contributed by atoms with Crippen LogP contribution in [0.25, 0.3) is 0 Å². The van der Waals surface area contributed by atoms with Gasteiger partial charge in [-0.2, -0.15) is 4.31 Å². The summed E-state index contributed by atoms with van der Waals surface area (Å²) in [6.07, 6.45) is 0.367. The second-order valence-corrected chi connectivity index (χ2v) is 9.69. The standard InChI is InChI=1S/C24H21N3O5S/c28-23-22-21(15-16-26(22)33(30,31)20-9-5-2-6-10-20)25-24(29)27(23)17-11-13-19(14-12-17)32-18-7-3-1-4-8-18/h1-14,21-22H,15-16H2,(H,25,29). The summed E-state index contributed by atoms with van der Waals surface area (Å²) in [5.41, 5.74) is 0.334. The van der Waals surface area contributed by atoms with Crippen molar-refractivity contribution in [3.8, 4) is 11.5 Å². The van der Waals surface area contributed by atoms with Crippen molar-refractivity contribution >= 4 is 27.6 Å². The molecule has 0 spiro atoms. The lowest BCUT2D eigenvalue weighted by atomic mass is 10.1. The summed E-state index contributed by atoms with van der Waals surface area (Å²) in [5, 5.41) is 2.79. The van der Waals surface area contributed by atoms with Gasteiger partial charge in [0.05, 0.1) is 16.6 Å². The number of benzene rings is 3. The van der Waals surface area contributed by atoms with Gasteiger partial charge in [-0.3, -0.25) is 4.79 Å². The lowest BCUT2D eigenvalue weighted by Gasteiger charge is -2.36. The highest BCUT2D eigenvalue weighted by Gasteiger charge is 2.52. The van der Waals surface area contributed by atoms with Gasteiger partial charge in [-0.25, -0.2) is 18.1 Å². The lowest BCUT2D eigenvalue weighted by molar-refractivity contribution is -0.122. The van der Waals surface area contributed by atoms with Gasteiger partial charge in [0, 0.05) is 6.54 Å². The number of para-hydroxylation sites is 1. The van der Waals surface area contributed by atoms with Gasteiger partial charge >= 0.3 is 6.03 Å². The van der Waals surface area contributed by atoms with Gasteiger partial charge in [-0.15, -0.1) is 0 Å². The normalized spacial score (nSPS) is 20.9. The predicted molar refractivity (Wildman–Crippen MR) is 122 cm³/mol. The Morgan fingerprint density at radius 1 is 0.818 bits per heavy atom. The van der Waals surface area contributed by atoms with Gasteiger partial charge in [-0.05, 0) is 55.0 Å². The highest BCUT2D eigenvalue weighted by atomic mass is 32.2. The molecule has 8 nitrogen and oxygen atoms in total. The number of hydrogen-bond acceptors (Lipinski definition) is 5. The third-order valence-corrected chi connectivity index (χ3v) is 7.66. The fourth-order valence-corrected chi connectivity index (χ4v) is 5.85. The van der Waals surface area contributed by atoms with Crippen molar-refractivity contribution in [1.29, 1.82) is 0 Å². The Bertz CT molecular complexity index is 1280. The molecule has 2 atom stereocenters. The van der Waals surface area contributed by atoms with Crippen LogP contribution in [0.1, 0.15) is 6.42 Å². The Morgan fingerprint density at radius 3 is 2.09 bits per heavy atom. The number of carbonyl (C=O) groups excluding carboxylic acids is 2.